The summed E-state index contributed by atoms with van der Waals surface area (Å²) in [5.74, 6) is 4.51. The summed E-state index contributed by atoms with van der Waals surface area (Å²) in [6.07, 6.45) is 8.30. The van der Waals surface area contributed by atoms with Gasteiger partial charge >= 0.3 is 0 Å². The summed E-state index contributed by atoms with van der Waals surface area (Å²) in [5.41, 5.74) is 3.72. The van der Waals surface area contributed by atoms with Crippen LogP contribution >= 0.6 is 11.8 Å². The molecule has 0 amide bonds. The maximum absolute atomic E-state index is 4.96. The maximum Gasteiger partial charge on any atom is 0.161 e. The van der Waals surface area contributed by atoms with Gasteiger partial charge in [-0.05, 0) is 43.6 Å². The van der Waals surface area contributed by atoms with Crippen LogP contribution in [0.2, 0.25) is 0 Å². The van der Waals surface area contributed by atoms with Gasteiger partial charge in [-0.15, -0.1) is 0 Å². The minimum Gasteiger partial charge on any atom is -0.355 e. The van der Waals surface area contributed by atoms with E-state index in [0.717, 1.165) is 37.3 Å². The summed E-state index contributed by atoms with van der Waals surface area (Å²) in [4.78, 5) is 16.4. The van der Waals surface area contributed by atoms with Crippen LogP contribution in [0.5, 0.6) is 0 Å². The molecule has 4 nitrogen and oxygen atoms in total. The first-order valence-corrected chi connectivity index (χ1v) is 9.20. The van der Waals surface area contributed by atoms with Crippen LogP contribution in [0.25, 0.3) is 11.4 Å². The molecule has 1 fully saturated rings. The Morgan fingerprint density at radius 1 is 0.955 bits per heavy atom. The summed E-state index contributed by atoms with van der Waals surface area (Å²) < 4.78 is 0. The summed E-state index contributed by atoms with van der Waals surface area (Å²) in [7, 11) is 0. The van der Waals surface area contributed by atoms with Gasteiger partial charge in [-0.3, -0.25) is 4.98 Å². The van der Waals surface area contributed by atoms with Gasteiger partial charge in [0, 0.05) is 48.1 Å². The minimum atomic E-state index is 0.856. The molecule has 3 heterocycles. The third kappa shape index (κ3) is 2.70. The number of nitrogens with zero attached hydrogens (tertiary/aromatic N) is 4. The van der Waals surface area contributed by atoms with Crippen molar-refractivity contribution in [1.82, 2.24) is 15.0 Å². The zero-order valence-corrected chi connectivity index (χ0v) is 13.5. The summed E-state index contributed by atoms with van der Waals surface area (Å²) in [6.45, 7) is 2.22. The molecule has 0 atom stereocenters. The average Bonchev–Trinajstić information content (AvgIpc) is 2.88. The van der Waals surface area contributed by atoms with E-state index in [2.05, 4.69) is 21.6 Å². The highest BCUT2D eigenvalue weighted by Gasteiger charge is 2.23. The lowest BCUT2D eigenvalue weighted by Gasteiger charge is -2.24. The fraction of sp³-hybridized carbons (Fsp3) is 0.471. The van der Waals surface area contributed by atoms with Crippen LogP contribution in [0.1, 0.15) is 24.1 Å². The predicted octanol–water partition coefficient (Wildman–Crippen LogP) is 2.97. The van der Waals surface area contributed by atoms with Crippen LogP contribution in [-0.4, -0.2) is 39.5 Å². The van der Waals surface area contributed by atoms with E-state index in [1.165, 1.54) is 41.4 Å². The molecule has 114 valence electrons. The smallest absolute Gasteiger partial charge is 0.161 e. The molecule has 22 heavy (non-hydrogen) atoms. The van der Waals surface area contributed by atoms with Crippen LogP contribution in [0.4, 0.5) is 5.82 Å². The van der Waals surface area contributed by atoms with Crippen LogP contribution in [0, 0.1) is 0 Å². The van der Waals surface area contributed by atoms with Crippen LogP contribution in [-0.2, 0) is 12.8 Å². The van der Waals surface area contributed by atoms with Gasteiger partial charge in [0.2, 0.25) is 0 Å². The second kappa shape index (κ2) is 6.24. The van der Waals surface area contributed by atoms with E-state index >= 15 is 0 Å². The minimum absolute atomic E-state index is 0.856. The van der Waals surface area contributed by atoms with Crippen molar-refractivity contribution in [3.8, 4) is 11.4 Å². The number of anilines is 1. The molecule has 1 aliphatic carbocycles. The SMILES string of the molecule is c1cc(-c2nc3c(c(N4CCCSCC4)n2)CCC3)ccn1. The van der Waals surface area contributed by atoms with Gasteiger partial charge in [0.15, 0.2) is 5.82 Å². The first-order valence-electron chi connectivity index (χ1n) is 8.05. The first kappa shape index (κ1) is 14.0. The highest BCUT2D eigenvalue weighted by atomic mass is 32.2. The number of pyridine rings is 1. The fourth-order valence-corrected chi connectivity index (χ4v) is 4.15. The van der Waals surface area contributed by atoms with Crippen molar-refractivity contribution in [2.45, 2.75) is 25.7 Å². The maximum atomic E-state index is 4.96. The monoisotopic (exact) mass is 312 g/mol. The Hall–Kier alpha value is -1.62. The van der Waals surface area contributed by atoms with E-state index in [-0.39, 0.29) is 0 Å². The van der Waals surface area contributed by atoms with Gasteiger partial charge in [0.05, 0.1) is 0 Å². The van der Waals surface area contributed by atoms with E-state index in [4.69, 9.17) is 9.97 Å². The fourth-order valence-electron chi connectivity index (χ4n) is 3.26. The van der Waals surface area contributed by atoms with Crippen molar-refractivity contribution in [3.63, 3.8) is 0 Å². The highest BCUT2D eigenvalue weighted by Crippen LogP contribution is 2.32. The molecule has 0 bridgehead atoms. The number of hydrogen-bond donors (Lipinski definition) is 0. The lowest BCUT2D eigenvalue weighted by Crippen LogP contribution is -2.28. The second-order valence-corrected chi connectivity index (χ2v) is 7.06. The molecule has 4 rings (SSSR count). The first-order chi connectivity index (χ1) is 10.9. The molecule has 0 saturated carbocycles. The van der Waals surface area contributed by atoms with Crippen molar-refractivity contribution in [2.75, 3.05) is 29.5 Å². The lowest BCUT2D eigenvalue weighted by atomic mass is 10.2. The number of hydrogen-bond acceptors (Lipinski definition) is 5. The summed E-state index contributed by atoms with van der Waals surface area (Å²) >= 11 is 2.05. The normalized spacial score (nSPS) is 18.1. The molecule has 2 aromatic heterocycles. The van der Waals surface area contributed by atoms with Gasteiger partial charge in [-0.25, -0.2) is 9.97 Å². The molecule has 1 aliphatic heterocycles. The number of aryl methyl sites for hydroxylation is 1. The van der Waals surface area contributed by atoms with Crippen LogP contribution in [0.15, 0.2) is 24.5 Å². The van der Waals surface area contributed by atoms with E-state index in [1.54, 1.807) is 0 Å². The quantitative estimate of drug-likeness (QED) is 0.853. The van der Waals surface area contributed by atoms with Crippen molar-refractivity contribution in [3.05, 3.63) is 35.8 Å². The molecule has 1 saturated heterocycles. The largest absolute Gasteiger partial charge is 0.355 e. The molecule has 5 heteroatoms. The third-order valence-electron chi connectivity index (χ3n) is 4.37. The number of rotatable bonds is 2. The van der Waals surface area contributed by atoms with E-state index in [9.17, 15) is 0 Å². The van der Waals surface area contributed by atoms with Crippen molar-refractivity contribution in [2.24, 2.45) is 0 Å². The number of fused-ring (bicyclic) bond motifs is 1. The number of aromatic nitrogens is 3. The second-order valence-electron chi connectivity index (χ2n) is 5.84. The Morgan fingerprint density at radius 2 is 1.86 bits per heavy atom. The molecule has 2 aromatic rings. The highest BCUT2D eigenvalue weighted by molar-refractivity contribution is 7.99. The molecule has 0 unspecified atom stereocenters. The Bertz CT molecular complexity index is 651. The Kier molecular flexibility index (Phi) is 3.97. The third-order valence-corrected chi connectivity index (χ3v) is 5.42. The topological polar surface area (TPSA) is 41.9 Å². The molecule has 0 radical (unpaired) electrons. The molecule has 0 spiro atoms. The van der Waals surface area contributed by atoms with Gasteiger partial charge in [0.25, 0.3) is 0 Å². The molecular formula is C17H20N4S. The molecule has 0 aromatic carbocycles. The van der Waals surface area contributed by atoms with Crippen molar-refractivity contribution >= 4 is 17.6 Å². The van der Waals surface area contributed by atoms with Gasteiger partial charge in [-0.2, -0.15) is 11.8 Å². The summed E-state index contributed by atoms with van der Waals surface area (Å²) in [6, 6.07) is 4.00. The predicted molar refractivity (Wildman–Crippen MR) is 91.4 cm³/mol. The zero-order chi connectivity index (χ0) is 14.8. The molecule has 0 N–H and O–H groups in total. The van der Waals surface area contributed by atoms with Crippen LogP contribution in [0.3, 0.4) is 0 Å². The van der Waals surface area contributed by atoms with E-state index < -0.39 is 0 Å². The Balaban J connectivity index is 1.78. The lowest BCUT2D eigenvalue weighted by molar-refractivity contribution is 0.790. The molecular weight excluding hydrogens is 292 g/mol. The standard InChI is InChI=1S/C17H20N4S/c1-3-14-15(4-1)19-16(13-5-7-18-8-6-13)20-17(14)21-9-2-11-22-12-10-21/h5-8H,1-4,9-12H2. The summed E-state index contributed by atoms with van der Waals surface area (Å²) in [5, 5.41) is 0. The van der Waals surface area contributed by atoms with Crippen molar-refractivity contribution < 1.29 is 0 Å². The van der Waals surface area contributed by atoms with Crippen LogP contribution < -0.4 is 4.90 Å². The van der Waals surface area contributed by atoms with Gasteiger partial charge in [-0.1, -0.05) is 0 Å². The Labute approximate surface area is 135 Å². The number of thioether (sulfide) groups is 1. The zero-order valence-electron chi connectivity index (χ0n) is 12.7. The average molecular weight is 312 g/mol. The van der Waals surface area contributed by atoms with E-state index in [1.807, 2.05) is 24.5 Å². The van der Waals surface area contributed by atoms with Crippen molar-refractivity contribution in [1.29, 1.82) is 0 Å². The Morgan fingerprint density at radius 3 is 2.77 bits per heavy atom. The van der Waals surface area contributed by atoms with Gasteiger partial charge < -0.3 is 4.90 Å². The molecule has 2 aliphatic rings. The van der Waals surface area contributed by atoms with Gasteiger partial charge in [0.1, 0.15) is 5.82 Å². The van der Waals surface area contributed by atoms with E-state index in [0.29, 0.717) is 0 Å².